The van der Waals surface area contributed by atoms with E-state index >= 15 is 0 Å². The molecule has 0 aromatic rings. The van der Waals surface area contributed by atoms with Gasteiger partial charge in [0.2, 0.25) is 0 Å². The molecule has 0 N–H and O–H groups in total. The van der Waals surface area contributed by atoms with Crippen LogP contribution < -0.4 is 0 Å². The second-order valence-corrected chi connectivity index (χ2v) is 22.3. The summed E-state index contributed by atoms with van der Waals surface area (Å²) in [5, 5.41) is 0. The minimum atomic E-state index is -0.804. The average molecular weight is 1120 g/mol. The van der Waals surface area contributed by atoms with E-state index in [0.29, 0.717) is 19.3 Å². The van der Waals surface area contributed by atoms with Gasteiger partial charge in [0.1, 0.15) is 13.2 Å². The Morgan fingerprint density at radius 3 is 0.765 bits per heavy atom. The molecular weight excluding hydrogens is 997 g/mol. The Balaban J connectivity index is 4.40. The first-order chi connectivity index (χ1) is 40.0. The first-order valence-corrected chi connectivity index (χ1v) is 34.0. The van der Waals surface area contributed by atoms with E-state index in [1.807, 2.05) is 0 Å². The van der Waals surface area contributed by atoms with Gasteiger partial charge in [-0.25, -0.2) is 0 Å². The molecule has 6 heteroatoms. The Morgan fingerprint density at radius 1 is 0.259 bits per heavy atom. The standard InChI is InChI=1S/C75H126O6/c1-4-7-10-13-16-19-22-25-28-30-32-34-36-37-39-40-42-44-47-50-53-56-59-62-65-68-74(77)80-71-72(70-79-73(76)67-64-61-58-55-52-49-46-27-24-21-18-15-12-9-6-3)81-75(78)69-66-63-60-57-54-51-48-45-43-41-38-35-33-31-29-26-23-20-17-14-11-8-5-2/h8-9,11-12,17-18,20-21,26-27,29-30,32-33,35,41,43,46,48,51,72H,4-7,10,13-16,19,22-25,28,31,34,36-40,42,44-45,47,49-50,52-71H2,1-3H3/b11-8-,12-9-,20-17-,21-18-,29-26-,32-30-,35-33-,43-41-,46-27-,51-48-. The SMILES string of the molecule is CC/C=C\C/C=C\C/C=C\C/C=C\C/C=C\C/C=C\CCCCCCC(=O)OC(COC(=O)CCCCCCC/C=C\C/C=C\C/C=C\CC)COC(=O)CCCCCCCCCCCCCCC/C=C\CCCCCCCCCC. The molecule has 81 heavy (non-hydrogen) atoms. The number of carbonyl (C=O) groups is 3. The summed E-state index contributed by atoms with van der Waals surface area (Å²) in [6.07, 6.45) is 95.0. The molecule has 0 aromatic heterocycles. The molecule has 0 aliphatic carbocycles. The third kappa shape index (κ3) is 66.5. The zero-order valence-electron chi connectivity index (χ0n) is 53.0. The molecule has 1 unspecified atom stereocenters. The number of hydrogen-bond donors (Lipinski definition) is 0. The Kier molecular flexibility index (Phi) is 64.8. The van der Waals surface area contributed by atoms with E-state index in [0.717, 1.165) is 148 Å². The van der Waals surface area contributed by atoms with Gasteiger partial charge >= 0.3 is 17.9 Å². The lowest BCUT2D eigenvalue weighted by Crippen LogP contribution is -2.30. The highest BCUT2D eigenvalue weighted by molar-refractivity contribution is 5.71. The number of ether oxygens (including phenoxy) is 3. The van der Waals surface area contributed by atoms with Crippen molar-refractivity contribution < 1.29 is 28.6 Å². The van der Waals surface area contributed by atoms with Gasteiger partial charge < -0.3 is 14.2 Å². The molecule has 0 radical (unpaired) electrons. The van der Waals surface area contributed by atoms with Crippen molar-refractivity contribution in [2.45, 2.75) is 322 Å². The molecule has 0 spiro atoms. The molecule has 0 heterocycles. The van der Waals surface area contributed by atoms with E-state index in [1.165, 1.54) is 128 Å². The molecule has 1 atom stereocenters. The first-order valence-electron chi connectivity index (χ1n) is 34.0. The van der Waals surface area contributed by atoms with Crippen LogP contribution in [0.2, 0.25) is 0 Å². The number of allylic oxidation sites excluding steroid dienone is 20. The summed E-state index contributed by atoms with van der Waals surface area (Å²) in [6.45, 7) is 6.40. The van der Waals surface area contributed by atoms with Crippen LogP contribution in [0.4, 0.5) is 0 Å². The topological polar surface area (TPSA) is 78.9 Å². The lowest BCUT2D eigenvalue weighted by Gasteiger charge is -2.18. The van der Waals surface area contributed by atoms with Crippen LogP contribution in [0.1, 0.15) is 316 Å². The van der Waals surface area contributed by atoms with Crippen LogP contribution in [0.15, 0.2) is 122 Å². The number of rotatable bonds is 61. The van der Waals surface area contributed by atoms with Gasteiger partial charge in [-0.3, -0.25) is 14.4 Å². The van der Waals surface area contributed by atoms with Crippen LogP contribution in [-0.4, -0.2) is 37.2 Å². The Labute approximate surface area is 501 Å². The molecule has 0 aromatic carbocycles. The monoisotopic (exact) mass is 1120 g/mol. The largest absolute Gasteiger partial charge is 0.462 e. The summed E-state index contributed by atoms with van der Waals surface area (Å²) in [5.74, 6) is -0.931. The molecule has 0 fully saturated rings. The van der Waals surface area contributed by atoms with Gasteiger partial charge in [-0.05, 0) is 128 Å². The quantitative estimate of drug-likeness (QED) is 0.0261. The Morgan fingerprint density at radius 2 is 0.481 bits per heavy atom. The normalized spacial score (nSPS) is 12.9. The van der Waals surface area contributed by atoms with Crippen molar-refractivity contribution in [1.29, 1.82) is 0 Å². The molecule has 6 nitrogen and oxygen atoms in total. The minimum absolute atomic E-state index is 0.0956. The van der Waals surface area contributed by atoms with Crippen molar-refractivity contribution in [2.75, 3.05) is 13.2 Å². The third-order valence-corrected chi connectivity index (χ3v) is 14.4. The second-order valence-electron chi connectivity index (χ2n) is 22.3. The van der Waals surface area contributed by atoms with Gasteiger partial charge in [0.25, 0.3) is 0 Å². The minimum Gasteiger partial charge on any atom is -0.462 e. The fourth-order valence-corrected chi connectivity index (χ4v) is 9.40. The Bertz CT molecular complexity index is 1670. The summed E-state index contributed by atoms with van der Waals surface area (Å²) in [7, 11) is 0. The van der Waals surface area contributed by atoms with E-state index in [2.05, 4.69) is 142 Å². The van der Waals surface area contributed by atoms with Gasteiger partial charge in [-0.15, -0.1) is 0 Å². The van der Waals surface area contributed by atoms with Crippen molar-refractivity contribution in [1.82, 2.24) is 0 Å². The zero-order valence-corrected chi connectivity index (χ0v) is 53.0. The van der Waals surface area contributed by atoms with Crippen LogP contribution in [0.25, 0.3) is 0 Å². The first kappa shape index (κ1) is 76.8. The van der Waals surface area contributed by atoms with E-state index in [9.17, 15) is 14.4 Å². The lowest BCUT2D eigenvalue weighted by molar-refractivity contribution is -0.167. The molecule has 0 bridgehead atoms. The average Bonchev–Trinajstić information content (AvgIpc) is 3.47. The molecule has 0 saturated carbocycles. The molecular formula is C75H126O6. The maximum Gasteiger partial charge on any atom is 0.306 e. The van der Waals surface area contributed by atoms with Crippen LogP contribution in [0, 0.1) is 0 Å². The molecule has 0 aliphatic rings. The van der Waals surface area contributed by atoms with E-state index in [4.69, 9.17) is 14.2 Å². The fourth-order valence-electron chi connectivity index (χ4n) is 9.40. The summed E-state index contributed by atoms with van der Waals surface area (Å²) < 4.78 is 16.9. The van der Waals surface area contributed by atoms with Gasteiger partial charge in [0.15, 0.2) is 6.10 Å². The summed E-state index contributed by atoms with van der Waals surface area (Å²) in [5.41, 5.74) is 0. The highest BCUT2D eigenvalue weighted by Crippen LogP contribution is 2.16. The van der Waals surface area contributed by atoms with Crippen molar-refractivity contribution in [2.24, 2.45) is 0 Å². The van der Waals surface area contributed by atoms with Gasteiger partial charge in [0.05, 0.1) is 0 Å². The molecule has 0 saturated heterocycles. The van der Waals surface area contributed by atoms with Crippen LogP contribution in [0.5, 0.6) is 0 Å². The fraction of sp³-hybridized carbons (Fsp3) is 0.693. The number of unbranched alkanes of at least 4 members (excludes halogenated alkanes) is 30. The summed E-state index contributed by atoms with van der Waals surface area (Å²) in [6, 6.07) is 0. The maximum absolute atomic E-state index is 12.9. The molecule has 0 amide bonds. The van der Waals surface area contributed by atoms with Crippen LogP contribution in [-0.2, 0) is 28.6 Å². The van der Waals surface area contributed by atoms with Crippen LogP contribution in [0.3, 0.4) is 0 Å². The number of hydrogen-bond acceptors (Lipinski definition) is 6. The highest BCUT2D eigenvalue weighted by atomic mass is 16.6. The molecule has 462 valence electrons. The predicted octanol–water partition coefficient (Wildman–Crippen LogP) is 23.6. The summed E-state index contributed by atoms with van der Waals surface area (Å²) in [4.78, 5) is 38.4. The second kappa shape index (κ2) is 68.3. The van der Waals surface area contributed by atoms with Crippen molar-refractivity contribution in [3.63, 3.8) is 0 Å². The van der Waals surface area contributed by atoms with Crippen molar-refractivity contribution in [3.05, 3.63) is 122 Å². The van der Waals surface area contributed by atoms with Gasteiger partial charge in [-0.2, -0.15) is 0 Å². The molecule has 0 aliphatic heterocycles. The van der Waals surface area contributed by atoms with E-state index in [-0.39, 0.29) is 31.1 Å². The molecule has 0 rings (SSSR count). The highest BCUT2D eigenvalue weighted by Gasteiger charge is 2.19. The third-order valence-electron chi connectivity index (χ3n) is 14.4. The zero-order chi connectivity index (χ0) is 58.5. The van der Waals surface area contributed by atoms with Gasteiger partial charge in [0, 0.05) is 19.3 Å². The van der Waals surface area contributed by atoms with Crippen molar-refractivity contribution >= 4 is 17.9 Å². The maximum atomic E-state index is 12.9. The van der Waals surface area contributed by atoms with E-state index in [1.54, 1.807) is 0 Å². The number of carbonyl (C=O) groups excluding carboxylic acids is 3. The lowest BCUT2D eigenvalue weighted by atomic mass is 10.0. The van der Waals surface area contributed by atoms with Crippen LogP contribution >= 0.6 is 0 Å². The van der Waals surface area contributed by atoms with Crippen molar-refractivity contribution in [3.8, 4) is 0 Å². The van der Waals surface area contributed by atoms with E-state index < -0.39 is 6.10 Å². The smallest absolute Gasteiger partial charge is 0.306 e. The summed E-state index contributed by atoms with van der Waals surface area (Å²) >= 11 is 0. The Hall–Kier alpha value is -4.19. The predicted molar refractivity (Wildman–Crippen MR) is 353 cm³/mol. The number of esters is 3. The van der Waals surface area contributed by atoms with Gasteiger partial charge in [-0.1, -0.05) is 290 Å².